The summed E-state index contributed by atoms with van der Waals surface area (Å²) >= 11 is 0. The molecule has 0 radical (unpaired) electrons. The van der Waals surface area contributed by atoms with Gasteiger partial charge in [-0.25, -0.2) is 0 Å². The first kappa shape index (κ1) is 23.2. The van der Waals surface area contributed by atoms with Crippen LogP contribution in [-0.2, 0) is 19.5 Å². The third kappa shape index (κ3) is 6.29. The minimum absolute atomic E-state index is 0.0194. The predicted molar refractivity (Wildman–Crippen MR) is 131 cm³/mol. The first-order valence-electron chi connectivity index (χ1n) is 11.5. The first-order chi connectivity index (χ1) is 14.9. The molecule has 0 saturated heterocycles. The summed E-state index contributed by atoms with van der Waals surface area (Å²) in [5.41, 5.74) is 5.65. The Balaban J connectivity index is 2.01. The molecular formula is C29H37NO. The summed E-state index contributed by atoms with van der Waals surface area (Å²) in [7, 11) is 0. The molecule has 0 amide bonds. The zero-order chi connectivity index (χ0) is 22.3. The van der Waals surface area contributed by atoms with E-state index in [0.717, 1.165) is 32.4 Å². The normalized spacial score (nSPS) is 12.8. The Labute approximate surface area is 188 Å². The van der Waals surface area contributed by atoms with Crippen molar-refractivity contribution in [2.24, 2.45) is 0 Å². The van der Waals surface area contributed by atoms with Crippen LogP contribution in [0.1, 0.15) is 54.5 Å². The summed E-state index contributed by atoms with van der Waals surface area (Å²) in [5, 5.41) is 11.7. The van der Waals surface area contributed by atoms with Gasteiger partial charge < -0.3 is 5.11 Å². The summed E-state index contributed by atoms with van der Waals surface area (Å²) in [6.07, 6.45) is 2.30. The van der Waals surface area contributed by atoms with Gasteiger partial charge in [0.1, 0.15) is 0 Å². The zero-order valence-electron chi connectivity index (χ0n) is 19.5. The van der Waals surface area contributed by atoms with Crippen molar-refractivity contribution in [1.82, 2.24) is 4.90 Å². The lowest BCUT2D eigenvalue weighted by atomic mass is 9.83. The monoisotopic (exact) mass is 415 g/mol. The van der Waals surface area contributed by atoms with Crippen LogP contribution in [0.2, 0.25) is 0 Å². The van der Waals surface area contributed by atoms with Gasteiger partial charge in [-0.2, -0.15) is 0 Å². The Morgan fingerprint density at radius 1 is 0.710 bits per heavy atom. The molecule has 0 aliphatic carbocycles. The lowest BCUT2D eigenvalue weighted by Gasteiger charge is -2.43. The molecule has 0 spiro atoms. The van der Waals surface area contributed by atoms with Crippen LogP contribution in [0, 0.1) is 13.8 Å². The zero-order valence-corrected chi connectivity index (χ0v) is 19.5. The van der Waals surface area contributed by atoms with E-state index in [2.05, 4.69) is 111 Å². The maximum absolute atomic E-state index is 11.7. The minimum atomic E-state index is -0.747. The molecule has 0 aliphatic rings. The average molecular weight is 416 g/mol. The molecule has 164 valence electrons. The van der Waals surface area contributed by atoms with Gasteiger partial charge in [-0.1, -0.05) is 104 Å². The average Bonchev–Trinajstić information content (AvgIpc) is 2.77. The van der Waals surface area contributed by atoms with Crippen molar-refractivity contribution in [3.63, 3.8) is 0 Å². The number of nitrogens with zero attached hydrogens (tertiary/aromatic N) is 1. The quantitative estimate of drug-likeness (QED) is 0.410. The standard InChI is InChI=1S/C29H37NO/c1-5-29(31,6-2)28(20-25-14-8-7-9-15-25)30(21-26-16-10-12-23(3)18-26)22-27-17-11-13-24(4)19-27/h7-19,28,31H,5-6,20-22H2,1-4H3/t28-/m1/s1. The SMILES string of the molecule is CCC(O)(CC)[C@@H](Cc1ccccc1)N(Cc1cccc(C)c1)Cc1cccc(C)c1. The van der Waals surface area contributed by atoms with Gasteiger partial charge in [-0.05, 0) is 49.8 Å². The van der Waals surface area contributed by atoms with Crippen LogP contribution in [0.3, 0.4) is 0 Å². The molecule has 1 N–H and O–H groups in total. The highest BCUT2D eigenvalue weighted by atomic mass is 16.3. The molecule has 0 saturated carbocycles. The Hall–Kier alpha value is -2.42. The van der Waals surface area contributed by atoms with Crippen molar-refractivity contribution in [3.05, 3.63) is 107 Å². The minimum Gasteiger partial charge on any atom is -0.388 e. The Morgan fingerprint density at radius 3 is 1.65 bits per heavy atom. The maximum atomic E-state index is 11.7. The van der Waals surface area contributed by atoms with Gasteiger partial charge in [0.25, 0.3) is 0 Å². The molecule has 1 atom stereocenters. The molecule has 0 heterocycles. The van der Waals surface area contributed by atoms with E-state index in [1.807, 2.05) is 0 Å². The van der Waals surface area contributed by atoms with E-state index in [0.29, 0.717) is 0 Å². The molecule has 0 bridgehead atoms. The molecular weight excluding hydrogens is 378 g/mol. The van der Waals surface area contributed by atoms with Gasteiger partial charge in [-0.3, -0.25) is 4.90 Å². The lowest BCUT2D eigenvalue weighted by Crippen LogP contribution is -2.53. The van der Waals surface area contributed by atoms with E-state index in [4.69, 9.17) is 0 Å². The second-order valence-electron chi connectivity index (χ2n) is 8.90. The summed E-state index contributed by atoms with van der Waals surface area (Å²) in [6.45, 7) is 10.1. The van der Waals surface area contributed by atoms with Gasteiger partial charge in [0.05, 0.1) is 5.60 Å². The van der Waals surface area contributed by atoms with Crippen LogP contribution in [0.25, 0.3) is 0 Å². The van der Waals surface area contributed by atoms with Crippen LogP contribution >= 0.6 is 0 Å². The van der Waals surface area contributed by atoms with Gasteiger partial charge >= 0.3 is 0 Å². The fraction of sp³-hybridized carbons (Fsp3) is 0.379. The fourth-order valence-electron chi connectivity index (χ4n) is 4.58. The number of hydrogen-bond donors (Lipinski definition) is 1. The van der Waals surface area contributed by atoms with Crippen molar-refractivity contribution < 1.29 is 5.11 Å². The van der Waals surface area contributed by atoms with E-state index in [-0.39, 0.29) is 6.04 Å². The Bertz CT molecular complexity index is 898. The van der Waals surface area contributed by atoms with E-state index < -0.39 is 5.60 Å². The van der Waals surface area contributed by atoms with Crippen LogP contribution in [0.5, 0.6) is 0 Å². The molecule has 2 nitrogen and oxygen atoms in total. The first-order valence-corrected chi connectivity index (χ1v) is 11.5. The second kappa shape index (κ2) is 10.7. The summed E-state index contributed by atoms with van der Waals surface area (Å²) < 4.78 is 0. The topological polar surface area (TPSA) is 23.5 Å². The third-order valence-electron chi connectivity index (χ3n) is 6.49. The molecule has 3 aromatic carbocycles. The van der Waals surface area contributed by atoms with Gasteiger partial charge in [0.2, 0.25) is 0 Å². The molecule has 0 unspecified atom stereocenters. The molecule has 2 heteroatoms. The fourth-order valence-corrected chi connectivity index (χ4v) is 4.58. The van der Waals surface area contributed by atoms with Crippen LogP contribution in [0.15, 0.2) is 78.9 Å². The largest absolute Gasteiger partial charge is 0.388 e. The molecule has 3 rings (SSSR count). The van der Waals surface area contributed by atoms with Gasteiger partial charge in [-0.15, -0.1) is 0 Å². The Morgan fingerprint density at radius 2 is 1.19 bits per heavy atom. The predicted octanol–water partition coefficient (Wildman–Crippen LogP) is 6.47. The number of rotatable bonds is 10. The lowest BCUT2D eigenvalue weighted by molar-refractivity contribution is -0.0598. The molecule has 0 aromatic heterocycles. The van der Waals surface area contributed by atoms with Crippen LogP contribution in [0.4, 0.5) is 0 Å². The summed E-state index contributed by atoms with van der Waals surface area (Å²) in [6, 6.07) is 28.1. The van der Waals surface area contributed by atoms with Gasteiger partial charge in [0.15, 0.2) is 0 Å². The number of hydrogen-bond acceptors (Lipinski definition) is 2. The van der Waals surface area contributed by atoms with E-state index in [9.17, 15) is 5.11 Å². The highest BCUT2D eigenvalue weighted by molar-refractivity contribution is 5.25. The smallest absolute Gasteiger partial charge is 0.0800 e. The van der Waals surface area contributed by atoms with Crippen molar-refractivity contribution in [1.29, 1.82) is 0 Å². The second-order valence-corrected chi connectivity index (χ2v) is 8.90. The van der Waals surface area contributed by atoms with Gasteiger partial charge in [0, 0.05) is 19.1 Å². The Kier molecular flexibility index (Phi) is 8.06. The van der Waals surface area contributed by atoms with E-state index in [1.165, 1.54) is 27.8 Å². The number of benzene rings is 3. The maximum Gasteiger partial charge on any atom is 0.0800 e. The molecule has 0 aliphatic heterocycles. The molecule has 31 heavy (non-hydrogen) atoms. The molecule has 3 aromatic rings. The number of aryl methyl sites for hydroxylation is 2. The van der Waals surface area contributed by atoms with E-state index >= 15 is 0 Å². The van der Waals surface area contributed by atoms with Crippen LogP contribution < -0.4 is 0 Å². The highest BCUT2D eigenvalue weighted by Crippen LogP contribution is 2.30. The third-order valence-corrected chi connectivity index (χ3v) is 6.49. The molecule has 0 fully saturated rings. The van der Waals surface area contributed by atoms with Crippen LogP contribution in [-0.4, -0.2) is 21.6 Å². The number of aliphatic hydroxyl groups is 1. The highest BCUT2D eigenvalue weighted by Gasteiger charge is 2.37. The van der Waals surface area contributed by atoms with Crippen molar-refractivity contribution in [3.8, 4) is 0 Å². The summed E-state index contributed by atoms with van der Waals surface area (Å²) in [4.78, 5) is 2.49. The summed E-state index contributed by atoms with van der Waals surface area (Å²) in [5.74, 6) is 0. The van der Waals surface area contributed by atoms with Crippen molar-refractivity contribution in [2.75, 3.05) is 0 Å². The van der Waals surface area contributed by atoms with Crippen molar-refractivity contribution in [2.45, 2.75) is 71.7 Å². The van der Waals surface area contributed by atoms with E-state index in [1.54, 1.807) is 0 Å². The van der Waals surface area contributed by atoms with Crippen molar-refractivity contribution >= 4 is 0 Å².